The van der Waals surface area contributed by atoms with E-state index in [0.717, 1.165) is 29.4 Å². The Kier molecular flexibility index (Phi) is 7.66. The van der Waals surface area contributed by atoms with Gasteiger partial charge in [0.1, 0.15) is 12.7 Å². The number of alkyl halides is 2. The molecule has 1 atom stereocenters. The minimum atomic E-state index is -3.13. The number of ketones is 1. The van der Waals surface area contributed by atoms with Gasteiger partial charge < -0.3 is 10.2 Å². The van der Waals surface area contributed by atoms with Crippen molar-refractivity contribution in [3.8, 4) is 0 Å². The van der Waals surface area contributed by atoms with Crippen molar-refractivity contribution in [3.63, 3.8) is 0 Å². The maximum atomic E-state index is 15.0. The first-order valence-electron chi connectivity index (χ1n) is 9.91. The van der Waals surface area contributed by atoms with E-state index in [0.29, 0.717) is 36.8 Å². The van der Waals surface area contributed by atoms with Gasteiger partial charge in [-0.25, -0.2) is 8.78 Å². The second-order valence-electron chi connectivity index (χ2n) is 7.47. The lowest BCUT2D eigenvalue weighted by Gasteiger charge is -2.34. The Morgan fingerprint density at radius 3 is 2.36 bits per heavy atom. The number of aliphatic hydroxyl groups excluding tert-OH is 2. The monoisotopic (exact) mass is 396 g/mol. The highest BCUT2D eigenvalue weighted by Gasteiger charge is 2.48. The van der Waals surface area contributed by atoms with E-state index in [1.165, 1.54) is 6.92 Å². The van der Waals surface area contributed by atoms with Crippen LogP contribution in [0.25, 0.3) is 10.9 Å². The van der Waals surface area contributed by atoms with Crippen LogP contribution in [0.3, 0.4) is 0 Å². The normalized spacial score (nSPS) is 14.3. The van der Waals surface area contributed by atoms with Gasteiger partial charge in [0.25, 0.3) is 5.92 Å². The molecule has 156 valence electrons. The van der Waals surface area contributed by atoms with Crippen molar-refractivity contribution in [2.24, 2.45) is 5.92 Å². The van der Waals surface area contributed by atoms with Crippen LogP contribution in [0, 0.1) is 5.92 Å². The Balaban J connectivity index is 0.000000500. The fraction of sp³-hybridized carbons (Fsp3) is 0.619. The van der Waals surface area contributed by atoms with Crippen molar-refractivity contribution in [2.45, 2.75) is 71.3 Å². The molecule has 5 nitrogen and oxygen atoms in total. The van der Waals surface area contributed by atoms with Gasteiger partial charge >= 0.3 is 0 Å². The maximum Gasteiger partial charge on any atom is 0.280 e. The standard InChI is InChI=1S/C18H24F2N2O.C3H6O2/c1-3-5-13(6-4-2)18(19,20)17(23)15-14-8-7-11(14)9-12-10-21-22-16(12)15;1-3(5)2-4/h9-10,13,17,23H,3-8H2,1-2H3,(H,21,22);4H,2H2,1H3. The summed E-state index contributed by atoms with van der Waals surface area (Å²) in [4.78, 5) is 9.56. The summed E-state index contributed by atoms with van der Waals surface area (Å²) in [5.74, 6) is -4.11. The van der Waals surface area contributed by atoms with Gasteiger partial charge in [-0.15, -0.1) is 0 Å². The van der Waals surface area contributed by atoms with Crippen molar-refractivity contribution in [3.05, 3.63) is 29.0 Å². The number of aliphatic hydroxyl groups is 2. The third kappa shape index (κ3) is 4.58. The van der Waals surface area contributed by atoms with Gasteiger partial charge in [0.2, 0.25) is 0 Å². The van der Waals surface area contributed by atoms with E-state index in [-0.39, 0.29) is 12.4 Å². The van der Waals surface area contributed by atoms with E-state index in [9.17, 15) is 9.90 Å². The van der Waals surface area contributed by atoms with E-state index in [1.807, 2.05) is 19.9 Å². The highest BCUT2D eigenvalue weighted by Crippen LogP contribution is 2.46. The third-order valence-corrected chi connectivity index (χ3v) is 5.30. The number of benzene rings is 1. The predicted molar refractivity (Wildman–Crippen MR) is 104 cm³/mol. The molecule has 0 aliphatic heterocycles. The molecule has 0 fully saturated rings. The van der Waals surface area contributed by atoms with Gasteiger partial charge in [-0.3, -0.25) is 9.89 Å². The van der Waals surface area contributed by atoms with Crippen LogP contribution in [0.15, 0.2) is 12.3 Å². The Bertz CT molecular complexity index is 798. The van der Waals surface area contributed by atoms with Crippen LogP contribution in [-0.2, 0) is 17.6 Å². The Morgan fingerprint density at radius 1 is 1.29 bits per heavy atom. The SMILES string of the molecule is CC(=O)CO.CCCC(CCC)C(F)(F)C(O)c1c2c(cc3cn[nH]c13)CC2. The van der Waals surface area contributed by atoms with Crippen molar-refractivity contribution in [2.75, 3.05) is 6.61 Å². The Morgan fingerprint density at radius 2 is 1.89 bits per heavy atom. The average Bonchev–Trinajstić information content (AvgIpc) is 3.10. The van der Waals surface area contributed by atoms with E-state index in [2.05, 4.69) is 10.2 Å². The molecule has 1 unspecified atom stereocenters. The molecule has 0 radical (unpaired) electrons. The lowest BCUT2D eigenvalue weighted by molar-refractivity contribution is -0.154. The minimum Gasteiger partial charge on any atom is -0.389 e. The van der Waals surface area contributed by atoms with E-state index in [4.69, 9.17) is 5.11 Å². The summed E-state index contributed by atoms with van der Waals surface area (Å²) < 4.78 is 30.1. The first-order valence-corrected chi connectivity index (χ1v) is 9.91. The molecule has 3 N–H and O–H groups in total. The predicted octanol–water partition coefficient (Wildman–Crippen LogP) is 4.11. The number of nitrogens with zero attached hydrogens (tertiary/aromatic N) is 1. The topological polar surface area (TPSA) is 86.2 Å². The van der Waals surface area contributed by atoms with Gasteiger partial charge in [-0.1, -0.05) is 26.7 Å². The minimum absolute atomic E-state index is 0.190. The van der Waals surface area contributed by atoms with Crippen LogP contribution in [0.5, 0.6) is 0 Å². The number of rotatable bonds is 8. The van der Waals surface area contributed by atoms with Gasteiger partial charge in [0, 0.05) is 16.9 Å². The van der Waals surface area contributed by atoms with Crippen LogP contribution in [0.1, 0.15) is 69.2 Å². The smallest absolute Gasteiger partial charge is 0.280 e. The van der Waals surface area contributed by atoms with Crippen LogP contribution in [-0.4, -0.2) is 38.7 Å². The molecule has 3 rings (SSSR count). The Labute approximate surface area is 164 Å². The number of aryl methyl sites for hydroxylation is 1. The molecule has 0 saturated heterocycles. The molecule has 1 aromatic carbocycles. The highest BCUT2D eigenvalue weighted by molar-refractivity contribution is 5.85. The van der Waals surface area contributed by atoms with Crippen molar-refractivity contribution >= 4 is 16.7 Å². The highest BCUT2D eigenvalue weighted by atomic mass is 19.3. The summed E-state index contributed by atoms with van der Waals surface area (Å²) in [6.07, 6.45) is 3.74. The molecule has 7 heteroatoms. The second kappa shape index (κ2) is 9.56. The molecule has 2 aromatic rings. The first-order chi connectivity index (χ1) is 13.3. The summed E-state index contributed by atoms with van der Waals surface area (Å²) >= 11 is 0. The van der Waals surface area contributed by atoms with E-state index < -0.39 is 17.9 Å². The Hall–Kier alpha value is -1.86. The maximum absolute atomic E-state index is 15.0. The van der Waals surface area contributed by atoms with Gasteiger partial charge in [0.05, 0.1) is 11.7 Å². The number of nitrogens with one attached hydrogen (secondary N) is 1. The first kappa shape index (κ1) is 22.4. The number of aromatic nitrogens is 2. The molecule has 0 spiro atoms. The fourth-order valence-electron chi connectivity index (χ4n) is 3.76. The van der Waals surface area contributed by atoms with Crippen molar-refractivity contribution < 1.29 is 23.8 Å². The quantitative estimate of drug-likeness (QED) is 0.627. The van der Waals surface area contributed by atoms with Gasteiger partial charge in [-0.2, -0.15) is 5.10 Å². The van der Waals surface area contributed by atoms with Gasteiger partial charge in [0.15, 0.2) is 5.78 Å². The average molecular weight is 396 g/mol. The number of fused-ring (bicyclic) bond motifs is 2. The molecule has 1 aliphatic carbocycles. The number of carbonyl (C=O) groups excluding carboxylic acids is 1. The molecule has 28 heavy (non-hydrogen) atoms. The fourth-order valence-corrected chi connectivity index (χ4v) is 3.76. The number of carbonyl (C=O) groups is 1. The number of hydrogen-bond acceptors (Lipinski definition) is 4. The largest absolute Gasteiger partial charge is 0.389 e. The van der Waals surface area contributed by atoms with E-state index >= 15 is 8.78 Å². The van der Waals surface area contributed by atoms with Crippen molar-refractivity contribution in [1.29, 1.82) is 0 Å². The zero-order valence-corrected chi connectivity index (χ0v) is 16.8. The summed E-state index contributed by atoms with van der Waals surface area (Å²) in [5, 5.41) is 26.0. The summed E-state index contributed by atoms with van der Waals surface area (Å²) in [7, 11) is 0. The van der Waals surface area contributed by atoms with Crippen molar-refractivity contribution in [1.82, 2.24) is 10.2 Å². The molecule has 0 saturated carbocycles. The van der Waals surface area contributed by atoms with Crippen LogP contribution < -0.4 is 0 Å². The zero-order valence-electron chi connectivity index (χ0n) is 16.8. The number of hydrogen-bond donors (Lipinski definition) is 3. The molecule has 1 heterocycles. The molecular weight excluding hydrogens is 366 g/mol. The van der Waals surface area contributed by atoms with Crippen LogP contribution in [0.4, 0.5) is 8.78 Å². The number of Topliss-reactive ketones (excluding diaryl/α,β-unsaturated/α-hetero) is 1. The molecule has 1 aromatic heterocycles. The number of aromatic amines is 1. The lowest BCUT2D eigenvalue weighted by Crippen LogP contribution is -2.36. The molecule has 0 amide bonds. The number of H-pyrrole nitrogens is 1. The summed E-state index contributed by atoms with van der Waals surface area (Å²) in [6.45, 7) is 4.82. The second-order valence-corrected chi connectivity index (χ2v) is 7.47. The lowest BCUT2D eigenvalue weighted by atomic mass is 9.78. The third-order valence-electron chi connectivity index (χ3n) is 5.30. The van der Waals surface area contributed by atoms with E-state index in [1.54, 1.807) is 6.20 Å². The molecule has 0 bridgehead atoms. The number of halogens is 2. The summed E-state index contributed by atoms with van der Waals surface area (Å²) in [6, 6.07) is 1.99. The van der Waals surface area contributed by atoms with Gasteiger partial charge in [-0.05, 0) is 49.8 Å². The zero-order chi connectivity index (χ0) is 20.9. The molecular formula is C21H30F2N2O3. The van der Waals surface area contributed by atoms with Crippen LogP contribution >= 0.6 is 0 Å². The van der Waals surface area contributed by atoms with Crippen LogP contribution in [0.2, 0.25) is 0 Å². The summed E-state index contributed by atoms with van der Waals surface area (Å²) in [5.41, 5.74) is 2.86. The molecule has 1 aliphatic rings.